The van der Waals surface area contributed by atoms with E-state index in [9.17, 15) is 14.7 Å². The maximum Gasteiger partial charge on any atom is 0.326 e. The number of nitrogens with one attached hydrogen (secondary N) is 1. The van der Waals surface area contributed by atoms with Crippen molar-refractivity contribution in [2.45, 2.75) is 38.3 Å². The molecule has 36 heavy (non-hydrogen) atoms. The van der Waals surface area contributed by atoms with Gasteiger partial charge in [0.1, 0.15) is 5.75 Å². The van der Waals surface area contributed by atoms with Crippen LogP contribution in [0.5, 0.6) is 11.5 Å². The zero-order valence-electron chi connectivity index (χ0n) is 19.3. The van der Waals surface area contributed by atoms with Crippen LogP contribution in [-0.4, -0.2) is 56.7 Å². The largest absolute Gasteiger partial charge is 0.453 e. The molecule has 4 heterocycles. The van der Waals surface area contributed by atoms with Gasteiger partial charge in [0.25, 0.3) is 5.91 Å². The molecular formula is C25H22ClFN4O4S. The second-order valence-electron chi connectivity index (χ2n) is 9.16. The van der Waals surface area contributed by atoms with Crippen molar-refractivity contribution < 1.29 is 23.8 Å². The predicted molar refractivity (Wildman–Crippen MR) is 135 cm³/mol. The molecule has 1 saturated heterocycles. The van der Waals surface area contributed by atoms with E-state index in [0.29, 0.717) is 51.6 Å². The van der Waals surface area contributed by atoms with Crippen LogP contribution in [-0.2, 0) is 0 Å². The molecule has 2 N–H and O–H groups in total. The van der Waals surface area contributed by atoms with Crippen molar-refractivity contribution in [2.24, 2.45) is 0 Å². The molecule has 2 amide bonds. The molecule has 0 bridgehead atoms. The number of rotatable bonds is 4. The van der Waals surface area contributed by atoms with Crippen LogP contribution in [0.2, 0.25) is 5.02 Å². The summed E-state index contributed by atoms with van der Waals surface area (Å²) >= 11 is 7.67. The number of carbonyl (C=O) groups is 2. The number of fused-ring (bicyclic) bond motifs is 2. The lowest BCUT2D eigenvalue weighted by Gasteiger charge is -2.13. The lowest BCUT2D eigenvalue weighted by atomic mass is 10.2. The first kappa shape index (κ1) is 23.2. The molecule has 1 saturated carbocycles. The van der Waals surface area contributed by atoms with E-state index in [2.05, 4.69) is 10.3 Å². The van der Waals surface area contributed by atoms with Crippen molar-refractivity contribution in [1.29, 1.82) is 0 Å². The van der Waals surface area contributed by atoms with Crippen LogP contribution < -0.4 is 10.1 Å². The Morgan fingerprint density at radius 1 is 1.25 bits per heavy atom. The van der Waals surface area contributed by atoms with E-state index in [-0.39, 0.29) is 34.1 Å². The van der Waals surface area contributed by atoms with Gasteiger partial charge in [-0.1, -0.05) is 11.6 Å². The number of carbonyl (C=O) groups excluding carboxylic acids is 2. The highest BCUT2D eigenvalue weighted by Crippen LogP contribution is 2.40. The molecule has 11 heteroatoms. The third-order valence-electron chi connectivity index (χ3n) is 6.56. The van der Waals surface area contributed by atoms with Gasteiger partial charge in [0.2, 0.25) is 0 Å². The Bertz CT molecular complexity index is 1550. The smallest absolute Gasteiger partial charge is 0.326 e. The van der Waals surface area contributed by atoms with Crippen molar-refractivity contribution in [1.82, 2.24) is 19.8 Å². The Hall–Kier alpha value is -3.21. The van der Waals surface area contributed by atoms with Gasteiger partial charge in [-0.3, -0.25) is 14.3 Å². The number of benzene rings is 1. The fourth-order valence-corrected chi connectivity index (χ4v) is 5.81. The first-order valence-electron chi connectivity index (χ1n) is 11.7. The van der Waals surface area contributed by atoms with Crippen molar-refractivity contribution >= 4 is 56.0 Å². The summed E-state index contributed by atoms with van der Waals surface area (Å²) in [5.41, 5.74) is 1.36. The third kappa shape index (κ3) is 3.89. The number of hydrogen-bond donors (Lipinski definition) is 2. The molecule has 0 spiro atoms. The van der Waals surface area contributed by atoms with Gasteiger partial charge in [-0.05, 0) is 44.4 Å². The van der Waals surface area contributed by atoms with Crippen molar-refractivity contribution in [2.75, 3.05) is 13.1 Å². The summed E-state index contributed by atoms with van der Waals surface area (Å²) in [6.07, 6.45) is 3.44. The Morgan fingerprint density at radius 3 is 2.78 bits per heavy atom. The monoisotopic (exact) mass is 528 g/mol. The number of ether oxygens (including phenoxy) is 1. The standard InChI is InChI=1S/C25H22ClFN4O4S/c1-12-21(26)20-16(31(12)25(34)29-13-2-3-13)4-5-17(22(20)27)35-18-6-8-28-15-10-19(36-23(15)18)24(33)30-9-7-14(32)11-30/h4-6,8,10,13-14,32H,2-3,7,9,11H2,1H3,(H,29,34)/t14-/m0/s1. The predicted octanol–water partition coefficient (Wildman–Crippen LogP) is 5.07. The zero-order valence-corrected chi connectivity index (χ0v) is 20.8. The number of amides is 2. The minimum absolute atomic E-state index is 0.0550. The Kier molecular flexibility index (Phi) is 5.62. The number of thiophene rings is 1. The van der Waals surface area contributed by atoms with Gasteiger partial charge in [-0.15, -0.1) is 11.3 Å². The summed E-state index contributed by atoms with van der Waals surface area (Å²) in [4.78, 5) is 32.0. The van der Waals surface area contributed by atoms with E-state index in [4.69, 9.17) is 16.3 Å². The maximum atomic E-state index is 15.7. The average Bonchev–Trinajstić information content (AvgIpc) is 3.27. The van der Waals surface area contributed by atoms with Gasteiger partial charge in [0.15, 0.2) is 11.6 Å². The van der Waals surface area contributed by atoms with E-state index in [1.165, 1.54) is 28.2 Å². The van der Waals surface area contributed by atoms with Crippen molar-refractivity contribution in [3.8, 4) is 11.5 Å². The number of pyridine rings is 1. The Labute approximate surface area is 214 Å². The minimum Gasteiger partial charge on any atom is -0.453 e. The van der Waals surface area contributed by atoms with Crippen molar-refractivity contribution in [3.63, 3.8) is 0 Å². The van der Waals surface area contributed by atoms with E-state index in [1.807, 2.05) is 0 Å². The summed E-state index contributed by atoms with van der Waals surface area (Å²) in [5.74, 6) is -0.563. The van der Waals surface area contributed by atoms with Gasteiger partial charge in [0.05, 0.1) is 37.1 Å². The molecule has 3 aromatic heterocycles. The second-order valence-corrected chi connectivity index (χ2v) is 10.6. The lowest BCUT2D eigenvalue weighted by molar-refractivity contribution is 0.0769. The van der Waals surface area contributed by atoms with E-state index >= 15 is 4.39 Å². The van der Waals surface area contributed by atoms with Gasteiger partial charge in [0, 0.05) is 37.1 Å². The zero-order chi connectivity index (χ0) is 25.1. The minimum atomic E-state index is -0.678. The highest BCUT2D eigenvalue weighted by atomic mass is 35.5. The molecule has 1 aliphatic heterocycles. The quantitative estimate of drug-likeness (QED) is 0.385. The van der Waals surface area contributed by atoms with E-state index in [1.54, 1.807) is 30.0 Å². The molecule has 186 valence electrons. The van der Waals surface area contributed by atoms with Gasteiger partial charge in [-0.2, -0.15) is 0 Å². The molecule has 6 rings (SSSR count). The average molecular weight is 529 g/mol. The molecule has 1 aromatic carbocycles. The molecule has 0 unspecified atom stereocenters. The fraction of sp³-hybridized carbons (Fsp3) is 0.320. The lowest BCUT2D eigenvalue weighted by Crippen LogP contribution is -2.30. The van der Waals surface area contributed by atoms with Crippen LogP contribution in [0.25, 0.3) is 21.1 Å². The maximum absolute atomic E-state index is 15.7. The van der Waals surface area contributed by atoms with Gasteiger partial charge in [-0.25, -0.2) is 9.18 Å². The molecule has 2 fully saturated rings. The summed E-state index contributed by atoms with van der Waals surface area (Å²) in [6.45, 7) is 2.47. The molecular weight excluding hydrogens is 507 g/mol. The van der Waals surface area contributed by atoms with E-state index in [0.717, 1.165) is 12.8 Å². The SMILES string of the molecule is Cc1c(Cl)c2c(F)c(Oc3ccnc4cc(C(=O)N5CC[C@H](O)C5)sc34)ccc2n1C(=O)NC1CC1. The van der Waals surface area contributed by atoms with Crippen LogP contribution in [0.1, 0.15) is 34.6 Å². The number of β-amino-alcohol motifs (C(OH)–C–C–N with tert-alkyl or cyclic N) is 1. The summed E-state index contributed by atoms with van der Waals surface area (Å²) in [6, 6.07) is 6.17. The van der Waals surface area contributed by atoms with Crippen LogP contribution in [0.3, 0.4) is 0 Å². The first-order valence-corrected chi connectivity index (χ1v) is 12.8. The van der Waals surface area contributed by atoms with Gasteiger partial charge < -0.3 is 20.1 Å². The summed E-state index contributed by atoms with van der Waals surface area (Å²) < 4.78 is 23.6. The molecule has 0 radical (unpaired) electrons. The van der Waals surface area contributed by atoms with Crippen LogP contribution in [0, 0.1) is 12.7 Å². The Morgan fingerprint density at radius 2 is 2.06 bits per heavy atom. The number of aromatic nitrogens is 2. The Balaban J connectivity index is 1.35. The van der Waals surface area contributed by atoms with Crippen LogP contribution in [0.4, 0.5) is 9.18 Å². The number of nitrogens with zero attached hydrogens (tertiary/aromatic N) is 3. The van der Waals surface area contributed by atoms with Crippen LogP contribution in [0.15, 0.2) is 30.5 Å². The topological polar surface area (TPSA) is 96.7 Å². The molecule has 8 nitrogen and oxygen atoms in total. The van der Waals surface area contributed by atoms with Gasteiger partial charge >= 0.3 is 6.03 Å². The van der Waals surface area contributed by atoms with Crippen molar-refractivity contribution in [3.05, 3.63) is 51.9 Å². The van der Waals surface area contributed by atoms with E-state index < -0.39 is 11.9 Å². The molecule has 4 aromatic rings. The number of halogens is 2. The number of aliphatic hydroxyl groups is 1. The summed E-state index contributed by atoms with van der Waals surface area (Å²) in [7, 11) is 0. The highest BCUT2D eigenvalue weighted by molar-refractivity contribution is 7.21. The third-order valence-corrected chi connectivity index (χ3v) is 8.15. The first-order chi connectivity index (χ1) is 17.3. The molecule has 1 atom stereocenters. The second kappa shape index (κ2) is 8.72. The summed E-state index contributed by atoms with van der Waals surface area (Å²) in [5, 5.41) is 12.9. The number of likely N-dealkylation sites (tertiary alicyclic amines) is 1. The fourth-order valence-electron chi connectivity index (χ4n) is 4.51. The number of hydrogen-bond acceptors (Lipinski definition) is 6. The van der Waals surface area contributed by atoms with Crippen LogP contribution >= 0.6 is 22.9 Å². The normalized spacial score (nSPS) is 17.8. The number of aliphatic hydroxyl groups excluding tert-OH is 1. The molecule has 2 aliphatic rings. The molecule has 1 aliphatic carbocycles. The highest BCUT2D eigenvalue weighted by Gasteiger charge is 2.29.